The predicted molar refractivity (Wildman–Crippen MR) is 228 cm³/mol. The van der Waals surface area contributed by atoms with Crippen molar-refractivity contribution in [1.29, 1.82) is 0 Å². The minimum atomic E-state index is 0.102. The number of anilines is 4. The van der Waals surface area contributed by atoms with Crippen LogP contribution in [0.25, 0.3) is 44.5 Å². The van der Waals surface area contributed by atoms with E-state index < -0.39 is 0 Å². The highest BCUT2D eigenvalue weighted by Gasteiger charge is 2.56. The second-order valence-corrected chi connectivity index (χ2v) is 16.9. The Labute approximate surface area is 312 Å². The largest absolute Gasteiger partial charge is 0.377 e. The van der Waals surface area contributed by atoms with Crippen LogP contribution in [0.5, 0.6) is 0 Å². The molecule has 0 fully saturated rings. The van der Waals surface area contributed by atoms with Crippen LogP contribution in [0.4, 0.5) is 22.7 Å². The zero-order valence-electron chi connectivity index (χ0n) is 30.9. The summed E-state index contributed by atoms with van der Waals surface area (Å²) in [6, 6.07) is 41.5. The maximum atomic E-state index is 2.80. The molecular formula is C48H35B3N2. The van der Waals surface area contributed by atoms with Crippen molar-refractivity contribution in [2.75, 3.05) is 9.62 Å². The van der Waals surface area contributed by atoms with Crippen LogP contribution in [0.15, 0.2) is 103 Å². The van der Waals surface area contributed by atoms with Crippen molar-refractivity contribution in [2.45, 2.75) is 41.5 Å². The molecule has 6 aliphatic heterocycles. The Morgan fingerprint density at radius 2 is 0.623 bits per heavy atom. The summed E-state index contributed by atoms with van der Waals surface area (Å²) in [7, 11) is 0. The fourth-order valence-corrected chi connectivity index (χ4v) is 11.6. The Morgan fingerprint density at radius 3 is 0.981 bits per heavy atom. The van der Waals surface area contributed by atoms with Crippen molar-refractivity contribution in [3.05, 3.63) is 137 Å². The number of aryl methyl sites for hydroxylation is 6. The van der Waals surface area contributed by atoms with E-state index in [4.69, 9.17) is 0 Å². The predicted octanol–water partition coefficient (Wildman–Crippen LogP) is 6.49. The van der Waals surface area contributed by atoms with E-state index in [2.05, 4.69) is 154 Å². The molecule has 0 spiro atoms. The molecule has 53 heavy (non-hydrogen) atoms. The molecule has 7 aromatic carbocycles. The van der Waals surface area contributed by atoms with Gasteiger partial charge in [0.25, 0.3) is 6.71 Å². The van der Waals surface area contributed by atoms with Crippen molar-refractivity contribution >= 4 is 81.4 Å². The number of hydrogen-bond acceptors (Lipinski definition) is 2. The maximum Gasteiger partial charge on any atom is 0.329 e. The molecule has 0 saturated carbocycles. The first kappa shape index (κ1) is 28.9. The zero-order valence-corrected chi connectivity index (χ0v) is 30.9. The molecule has 0 aromatic heterocycles. The molecule has 246 valence electrons. The van der Waals surface area contributed by atoms with Gasteiger partial charge in [0.1, 0.15) is 0 Å². The molecule has 0 amide bonds. The van der Waals surface area contributed by atoms with E-state index >= 15 is 0 Å². The van der Waals surface area contributed by atoms with Gasteiger partial charge in [0.15, 0.2) is 0 Å². The first-order chi connectivity index (χ1) is 25.7. The summed E-state index contributed by atoms with van der Waals surface area (Å²) in [5, 5.41) is 0. The lowest BCUT2D eigenvalue weighted by Crippen LogP contribution is -2.72. The van der Waals surface area contributed by atoms with Crippen LogP contribution in [-0.2, 0) is 0 Å². The van der Waals surface area contributed by atoms with Gasteiger partial charge >= 0.3 is 13.7 Å². The van der Waals surface area contributed by atoms with Gasteiger partial charge < -0.3 is 9.62 Å². The normalized spacial score (nSPS) is 14.8. The van der Waals surface area contributed by atoms with Gasteiger partial charge in [-0.15, -0.1) is 0 Å². The molecule has 0 aliphatic carbocycles. The lowest BCUT2D eigenvalue weighted by atomic mass is 9.28. The van der Waals surface area contributed by atoms with E-state index in [-0.39, 0.29) is 20.4 Å². The molecule has 6 heterocycles. The lowest BCUT2D eigenvalue weighted by molar-refractivity contribution is 1.29. The number of rotatable bonds is 0. The minimum absolute atomic E-state index is 0.102. The summed E-state index contributed by atoms with van der Waals surface area (Å²) in [5.74, 6) is 0. The van der Waals surface area contributed by atoms with Crippen molar-refractivity contribution in [3.63, 3.8) is 0 Å². The number of fused-ring (bicyclic) bond motifs is 14. The number of benzene rings is 7. The van der Waals surface area contributed by atoms with Gasteiger partial charge in [-0.3, -0.25) is 0 Å². The monoisotopic (exact) mass is 672 g/mol. The fraction of sp³-hybridized carbons (Fsp3) is 0.125. The summed E-state index contributed by atoms with van der Waals surface area (Å²) in [4.78, 5) is 5.61. The lowest BCUT2D eigenvalue weighted by Gasteiger charge is -2.55. The third-order valence-corrected chi connectivity index (χ3v) is 13.4. The van der Waals surface area contributed by atoms with Gasteiger partial charge in [0.2, 0.25) is 0 Å². The zero-order chi connectivity index (χ0) is 35.3. The van der Waals surface area contributed by atoms with Crippen molar-refractivity contribution in [1.82, 2.24) is 0 Å². The topological polar surface area (TPSA) is 6.48 Å². The standard InChI is InChI=1S/C48H35B3N2/c1-24-7-11-30-34-15-28(5)21-42-45(34)52-47-36(32-13-9-26(3)19-40(32)50(52)38(30)17-24)23-37-33-14-10-27(4)20-41(33)51-39-18-25(2)8-12-31(39)35-16-29(6)22-43-46(35)53(51)48(37)44(47)49(42)43/h7-23H,1-6H3. The summed E-state index contributed by atoms with van der Waals surface area (Å²) in [6.45, 7) is 14.0. The van der Waals surface area contributed by atoms with E-state index in [0.29, 0.717) is 0 Å². The van der Waals surface area contributed by atoms with E-state index in [0.717, 1.165) is 0 Å². The molecule has 0 unspecified atom stereocenters. The molecule has 2 nitrogen and oxygen atoms in total. The van der Waals surface area contributed by atoms with E-state index in [9.17, 15) is 0 Å². The Kier molecular flexibility index (Phi) is 5.05. The van der Waals surface area contributed by atoms with Gasteiger partial charge in [0, 0.05) is 45.0 Å². The third-order valence-electron chi connectivity index (χ3n) is 13.4. The van der Waals surface area contributed by atoms with Crippen molar-refractivity contribution in [2.24, 2.45) is 0 Å². The summed E-state index contributed by atoms with van der Waals surface area (Å²) in [5.41, 5.74) is 34.6. The molecule has 0 radical (unpaired) electrons. The molecule has 6 aliphatic rings. The second-order valence-electron chi connectivity index (χ2n) is 16.9. The molecule has 0 N–H and O–H groups in total. The van der Waals surface area contributed by atoms with Gasteiger partial charge in [-0.25, -0.2) is 0 Å². The van der Waals surface area contributed by atoms with Crippen LogP contribution >= 0.6 is 0 Å². The van der Waals surface area contributed by atoms with Crippen LogP contribution in [0.3, 0.4) is 0 Å². The quantitative estimate of drug-likeness (QED) is 0.170. The Balaban J connectivity index is 1.28. The molecule has 5 heteroatoms. The Bertz CT molecular complexity index is 2760. The van der Waals surface area contributed by atoms with Gasteiger partial charge in [-0.2, -0.15) is 0 Å². The average Bonchev–Trinajstić information content (AvgIpc) is 3.13. The first-order valence-corrected chi connectivity index (χ1v) is 19.3. The molecule has 13 rings (SSSR count). The molecular weight excluding hydrogens is 637 g/mol. The van der Waals surface area contributed by atoms with Gasteiger partial charge in [0.05, 0.1) is 0 Å². The number of hydrogen-bond donors (Lipinski definition) is 0. The van der Waals surface area contributed by atoms with E-state index in [1.54, 1.807) is 0 Å². The first-order valence-electron chi connectivity index (χ1n) is 19.3. The Morgan fingerprint density at radius 1 is 0.302 bits per heavy atom. The molecule has 0 atom stereocenters. The van der Waals surface area contributed by atoms with Crippen LogP contribution in [0.1, 0.15) is 33.4 Å². The minimum Gasteiger partial charge on any atom is -0.377 e. The van der Waals surface area contributed by atoms with Crippen LogP contribution in [-0.4, -0.2) is 20.4 Å². The average molecular weight is 672 g/mol. The molecule has 7 aromatic rings. The highest BCUT2D eigenvalue weighted by atomic mass is 15.1. The van der Waals surface area contributed by atoms with Crippen LogP contribution < -0.4 is 47.9 Å². The molecule has 0 saturated heterocycles. The van der Waals surface area contributed by atoms with Crippen LogP contribution in [0.2, 0.25) is 0 Å². The van der Waals surface area contributed by atoms with Gasteiger partial charge in [-0.1, -0.05) is 118 Å². The summed E-state index contributed by atoms with van der Waals surface area (Å²) in [6.07, 6.45) is 0. The number of nitrogens with zero attached hydrogens (tertiary/aromatic N) is 2. The van der Waals surface area contributed by atoms with Crippen molar-refractivity contribution < 1.29 is 0 Å². The molecule has 0 bridgehead atoms. The smallest absolute Gasteiger partial charge is 0.329 e. The van der Waals surface area contributed by atoms with Crippen molar-refractivity contribution in [3.8, 4) is 44.5 Å². The Hall–Kier alpha value is -5.67. The van der Waals surface area contributed by atoms with E-state index in [1.165, 1.54) is 139 Å². The second kappa shape index (κ2) is 9.27. The van der Waals surface area contributed by atoms with E-state index in [1.807, 2.05) is 0 Å². The third kappa shape index (κ3) is 3.29. The highest BCUT2D eigenvalue weighted by Crippen LogP contribution is 2.55. The summed E-state index contributed by atoms with van der Waals surface area (Å²) >= 11 is 0. The fourth-order valence-electron chi connectivity index (χ4n) is 11.6. The summed E-state index contributed by atoms with van der Waals surface area (Å²) < 4.78 is 0. The SMILES string of the molecule is Cc1ccc2c(c1)B1c3cc(C)ccc3-c3cc4c5c6c3N1c1c(cc(C)cc1-2)B6c1cc(C)cc2c1N5B(c1cc(C)ccc1-2)c1cc(C)ccc1-4. The van der Waals surface area contributed by atoms with Crippen LogP contribution in [0, 0.1) is 41.5 Å². The van der Waals surface area contributed by atoms with Gasteiger partial charge in [-0.05, 0) is 120 Å². The maximum absolute atomic E-state index is 2.80. The highest BCUT2D eigenvalue weighted by molar-refractivity contribution is 7.06.